The van der Waals surface area contributed by atoms with Crippen molar-refractivity contribution in [2.45, 2.75) is 39.5 Å². The lowest BCUT2D eigenvalue weighted by Crippen LogP contribution is -2.12. The van der Waals surface area contributed by atoms with Crippen LogP contribution in [0.2, 0.25) is 0 Å². The molecule has 0 unspecified atom stereocenters. The summed E-state index contributed by atoms with van der Waals surface area (Å²) < 4.78 is 28.8. The summed E-state index contributed by atoms with van der Waals surface area (Å²) in [6.07, 6.45) is 3.15. The molecular formula is C15H24O3S. The van der Waals surface area contributed by atoms with Gasteiger partial charge in [0.1, 0.15) is 15.6 Å². The third kappa shape index (κ3) is 7.21. The highest BCUT2D eigenvalue weighted by atomic mass is 32.2. The topological polar surface area (TPSA) is 43.4 Å². The fraction of sp³-hybridized carbons (Fsp3) is 0.600. The highest BCUT2D eigenvalue weighted by molar-refractivity contribution is 7.91. The lowest BCUT2D eigenvalue weighted by molar-refractivity contribution is 0.309. The van der Waals surface area contributed by atoms with E-state index < -0.39 is 9.84 Å². The molecule has 0 radical (unpaired) electrons. The largest absolute Gasteiger partial charge is 0.494 e. The molecule has 0 bridgehead atoms. The van der Waals surface area contributed by atoms with Crippen LogP contribution < -0.4 is 4.74 Å². The lowest BCUT2D eigenvalue weighted by Gasteiger charge is -2.07. The van der Waals surface area contributed by atoms with Crippen LogP contribution in [0.3, 0.4) is 0 Å². The lowest BCUT2D eigenvalue weighted by atomic mass is 10.2. The van der Waals surface area contributed by atoms with Crippen LogP contribution in [-0.2, 0) is 9.84 Å². The molecule has 0 saturated carbocycles. The van der Waals surface area contributed by atoms with Gasteiger partial charge < -0.3 is 4.74 Å². The first kappa shape index (κ1) is 16.0. The van der Waals surface area contributed by atoms with Gasteiger partial charge in [0.2, 0.25) is 0 Å². The smallest absolute Gasteiger partial charge is 0.150 e. The zero-order chi connectivity index (χ0) is 14.1. The number of hydrogen-bond acceptors (Lipinski definition) is 3. The van der Waals surface area contributed by atoms with E-state index >= 15 is 0 Å². The Hall–Kier alpha value is -1.03. The molecule has 0 amide bonds. The first-order valence-electron chi connectivity index (χ1n) is 6.93. The molecule has 0 fully saturated rings. The molecule has 0 N–H and O–H groups in total. The quantitative estimate of drug-likeness (QED) is 0.653. The van der Waals surface area contributed by atoms with Crippen molar-refractivity contribution in [2.24, 2.45) is 0 Å². The van der Waals surface area contributed by atoms with E-state index in [0.717, 1.165) is 25.0 Å². The van der Waals surface area contributed by atoms with Crippen molar-refractivity contribution >= 4 is 9.84 Å². The average molecular weight is 284 g/mol. The molecule has 0 aliphatic heterocycles. The van der Waals surface area contributed by atoms with Gasteiger partial charge in [0.15, 0.2) is 0 Å². The molecule has 0 aromatic heterocycles. The van der Waals surface area contributed by atoms with E-state index in [1.54, 1.807) is 0 Å². The van der Waals surface area contributed by atoms with E-state index in [1.807, 2.05) is 38.1 Å². The highest BCUT2D eigenvalue weighted by Gasteiger charge is 2.09. The molecule has 0 atom stereocenters. The molecule has 108 valence electrons. The van der Waals surface area contributed by atoms with Crippen LogP contribution in [0.4, 0.5) is 0 Å². The Balaban J connectivity index is 2.16. The third-order valence-electron chi connectivity index (χ3n) is 2.95. The van der Waals surface area contributed by atoms with Crippen molar-refractivity contribution in [3.63, 3.8) is 0 Å². The molecular weight excluding hydrogens is 260 g/mol. The van der Waals surface area contributed by atoms with E-state index in [0.29, 0.717) is 18.8 Å². The summed E-state index contributed by atoms with van der Waals surface area (Å²) in [5.41, 5.74) is 1.20. The number of benzene rings is 1. The molecule has 0 aliphatic rings. The maximum absolute atomic E-state index is 11.6. The summed E-state index contributed by atoms with van der Waals surface area (Å²) in [6, 6.07) is 7.88. The SMILES string of the molecule is CCCCS(=O)(=O)CCCCOc1ccc(C)cc1. The maximum Gasteiger partial charge on any atom is 0.150 e. The first-order valence-corrected chi connectivity index (χ1v) is 8.75. The second-order valence-electron chi connectivity index (χ2n) is 4.87. The van der Waals surface area contributed by atoms with Crippen LogP contribution >= 0.6 is 0 Å². The van der Waals surface area contributed by atoms with Crippen molar-refractivity contribution in [3.05, 3.63) is 29.8 Å². The minimum atomic E-state index is -2.85. The summed E-state index contributed by atoms with van der Waals surface area (Å²) in [4.78, 5) is 0. The number of hydrogen-bond donors (Lipinski definition) is 0. The van der Waals surface area contributed by atoms with E-state index in [1.165, 1.54) is 5.56 Å². The van der Waals surface area contributed by atoms with Gasteiger partial charge in [-0.15, -0.1) is 0 Å². The second kappa shape index (κ2) is 8.20. The Morgan fingerprint density at radius 3 is 2.26 bits per heavy atom. The predicted molar refractivity (Wildman–Crippen MR) is 79.5 cm³/mol. The molecule has 0 spiro atoms. The number of aryl methyl sites for hydroxylation is 1. The van der Waals surface area contributed by atoms with E-state index in [4.69, 9.17) is 4.74 Å². The van der Waals surface area contributed by atoms with Gasteiger partial charge >= 0.3 is 0 Å². The van der Waals surface area contributed by atoms with E-state index in [9.17, 15) is 8.42 Å². The molecule has 3 nitrogen and oxygen atoms in total. The minimum absolute atomic E-state index is 0.282. The standard InChI is InChI=1S/C15H24O3S/c1-3-4-12-19(16,17)13-6-5-11-18-15-9-7-14(2)8-10-15/h7-10H,3-6,11-13H2,1-2H3. The van der Waals surface area contributed by atoms with Crippen molar-refractivity contribution in [2.75, 3.05) is 18.1 Å². The Morgan fingerprint density at radius 1 is 1.00 bits per heavy atom. The van der Waals surface area contributed by atoms with Gasteiger partial charge in [-0.2, -0.15) is 0 Å². The van der Waals surface area contributed by atoms with Crippen LogP contribution in [0.25, 0.3) is 0 Å². The van der Waals surface area contributed by atoms with Crippen LogP contribution in [0, 0.1) is 6.92 Å². The summed E-state index contributed by atoms with van der Waals surface area (Å²) in [5.74, 6) is 1.45. The van der Waals surface area contributed by atoms with Gasteiger partial charge in [0, 0.05) is 0 Å². The van der Waals surface area contributed by atoms with Gasteiger partial charge in [-0.3, -0.25) is 0 Å². The molecule has 4 heteroatoms. The molecule has 19 heavy (non-hydrogen) atoms. The number of rotatable bonds is 9. The molecule has 1 rings (SSSR count). The van der Waals surface area contributed by atoms with E-state index in [-0.39, 0.29) is 5.75 Å². The van der Waals surface area contributed by atoms with E-state index in [2.05, 4.69) is 0 Å². The monoisotopic (exact) mass is 284 g/mol. The normalized spacial score (nSPS) is 11.5. The molecule has 1 aromatic carbocycles. The van der Waals surface area contributed by atoms with Gasteiger partial charge in [-0.25, -0.2) is 8.42 Å². The maximum atomic E-state index is 11.6. The summed E-state index contributed by atoms with van der Waals surface area (Å²) >= 11 is 0. The first-order chi connectivity index (χ1) is 9.03. The fourth-order valence-electron chi connectivity index (χ4n) is 1.71. The number of sulfone groups is 1. The van der Waals surface area contributed by atoms with Gasteiger partial charge in [-0.1, -0.05) is 31.0 Å². The zero-order valence-corrected chi connectivity index (χ0v) is 12.7. The molecule has 0 saturated heterocycles. The summed E-state index contributed by atoms with van der Waals surface area (Å²) in [5, 5.41) is 0. The van der Waals surface area contributed by atoms with Gasteiger partial charge in [0.05, 0.1) is 18.1 Å². The number of unbranched alkanes of at least 4 members (excludes halogenated alkanes) is 2. The highest BCUT2D eigenvalue weighted by Crippen LogP contribution is 2.12. The zero-order valence-electron chi connectivity index (χ0n) is 11.9. The van der Waals surface area contributed by atoms with Crippen LogP contribution in [-0.4, -0.2) is 26.5 Å². The second-order valence-corrected chi connectivity index (χ2v) is 7.18. The molecule has 1 aromatic rings. The van der Waals surface area contributed by atoms with Crippen molar-refractivity contribution in [3.8, 4) is 5.75 Å². The van der Waals surface area contributed by atoms with Crippen LogP contribution in [0.1, 0.15) is 38.2 Å². The van der Waals surface area contributed by atoms with Crippen LogP contribution in [0.5, 0.6) is 5.75 Å². The summed E-state index contributed by atoms with van der Waals surface area (Å²) in [7, 11) is -2.85. The number of ether oxygens (including phenoxy) is 1. The third-order valence-corrected chi connectivity index (χ3v) is 4.77. The Kier molecular flexibility index (Phi) is 6.92. The van der Waals surface area contributed by atoms with Crippen molar-refractivity contribution < 1.29 is 13.2 Å². The van der Waals surface area contributed by atoms with Crippen molar-refractivity contribution in [1.29, 1.82) is 0 Å². The van der Waals surface area contributed by atoms with Crippen LogP contribution in [0.15, 0.2) is 24.3 Å². The van der Waals surface area contributed by atoms with Gasteiger partial charge in [0.25, 0.3) is 0 Å². The van der Waals surface area contributed by atoms with Crippen molar-refractivity contribution in [1.82, 2.24) is 0 Å². The minimum Gasteiger partial charge on any atom is -0.494 e. The summed E-state index contributed by atoms with van der Waals surface area (Å²) in [6.45, 7) is 4.61. The predicted octanol–water partition coefficient (Wildman–Crippen LogP) is 3.37. The molecule has 0 heterocycles. The Labute approximate surface area is 116 Å². The molecule has 0 aliphatic carbocycles. The Bertz CT molecular complexity index is 449. The van der Waals surface area contributed by atoms with Gasteiger partial charge in [-0.05, 0) is 38.3 Å². The fourth-order valence-corrected chi connectivity index (χ4v) is 3.29. The average Bonchev–Trinajstić information content (AvgIpc) is 2.38. The Morgan fingerprint density at radius 2 is 1.63 bits per heavy atom.